The third-order valence-corrected chi connectivity index (χ3v) is 7.68. The topological polar surface area (TPSA) is 146 Å². The molecular weight excluding hydrogens is 505 g/mol. The zero-order valence-corrected chi connectivity index (χ0v) is 23.0. The van der Waals surface area contributed by atoms with E-state index >= 15 is 4.39 Å². The van der Waals surface area contributed by atoms with E-state index in [2.05, 4.69) is 28.0 Å². The molecule has 0 radical (unpaired) electrons. The van der Waals surface area contributed by atoms with Crippen LogP contribution in [0.4, 0.5) is 10.1 Å². The first-order valence-electron chi connectivity index (χ1n) is 13.6. The minimum Gasteiger partial charge on any atom is -0.480 e. The van der Waals surface area contributed by atoms with Gasteiger partial charge in [-0.3, -0.25) is 14.3 Å². The number of hydrogen-bond donors (Lipinski definition) is 5. The van der Waals surface area contributed by atoms with E-state index in [9.17, 15) is 24.6 Å². The molecule has 4 atom stereocenters. The van der Waals surface area contributed by atoms with Gasteiger partial charge in [0.2, 0.25) is 5.91 Å². The molecular formula is C28H40FN5O5. The van der Waals surface area contributed by atoms with Gasteiger partial charge in [-0.2, -0.15) is 5.10 Å². The molecule has 10 nitrogen and oxygen atoms in total. The van der Waals surface area contributed by atoms with Crippen LogP contribution in [-0.2, 0) is 16.1 Å². The second-order valence-electron chi connectivity index (χ2n) is 10.4. The summed E-state index contributed by atoms with van der Waals surface area (Å²) in [7, 11) is 0. The van der Waals surface area contributed by atoms with Crippen LogP contribution in [0.15, 0.2) is 30.5 Å². The molecule has 0 bridgehead atoms. The zero-order chi connectivity index (χ0) is 28.7. The van der Waals surface area contributed by atoms with Gasteiger partial charge in [0.25, 0.3) is 5.91 Å². The number of halogens is 1. The van der Waals surface area contributed by atoms with Gasteiger partial charge in [0.15, 0.2) is 0 Å². The number of nitrogens with one attached hydrogen (secondary N) is 3. The average Bonchev–Trinajstić information content (AvgIpc) is 3.40. The second-order valence-corrected chi connectivity index (χ2v) is 10.4. The van der Waals surface area contributed by atoms with Crippen LogP contribution in [0.3, 0.4) is 0 Å². The van der Waals surface area contributed by atoms with Crippen molar-refractivity contribution < 1.29 is 29.0 Å². The first-order chi connectivity index (χ1) is 18.5. The maximum absolute atomic E-state index is 15.2. The summed E-state index contributed by atoms with van der Waals surface area (Å²) in [6, 6.07) is 3.91. The highest BCUT2D eigenvalue weighted by atomic mass is 19.1. The van der Waals surface area contributed by atoms with E-state index in [1.165, 1.54) is 12.1 Å². The minimum absolute atomic E-state index is 0.00786. The highest BCUT2D eigenvalue weighted by molar-refractivity contribution is 5.92. The molecule has 5 N–H and O–H groups in total. The van der Waals surface area contributed by atoms with Gasteiger partial charge in [-0.05, 0) is 55.4 Å². The summed E-state index contributed by atoms with van der Waals surface area (Å²) in [6.45, 7) is 7.79. The predicted molar refractivity (Wildman–Crippen MR) is 145 cm³/mol. The molecule has 1 aliphatic rings. The van der Waals surface area contributed by atoms with E-state index in [4.69, 9.17) is 0 Å². The number of carbonyl (C=O) groups excluding carboxylic acids is 2. The molecule has 1 heterocycles. The third-order valence-electron chi connectivity index (χ3n) is 7.68. The lowest BCUT2D eigenvalue weighted by molar-refractivity contribution is -0.142. The molecule has 3 rings (SSSR count). The molecule has 2 aromatic rings. The molecule has 214 valence electrons. The Balaban J connectivity index is 1.79. The summed E-state index contributed by atoms with van der Waals surface area (Å²) in [5, 5.41) is 33.2. The maximum Gasteiger partial charge on any atom is 0.326 e. The number of carboxylic acids is 1. The fourth-order valence-corrected chi connectivity index (χ4v) is 5.15. The number of aliphatic carboxylic acids is 1. The Bertz CT molecular complexity index is 1150. The Morgan fingerprint density at radius 3 is 2.41 bits per heavy atom. The van der Waals surface area contributed by atoms with Crippen LogP contribution in [0, 0.1) is 17.7 Å². The van der Waals surface area contributed by atoms with Crippen LogP contribution in [0.1, 0.15) is 81.8 Å². The number of hydrogen-bond acceptors (Lipinski definition) is 6. The molecule has 1 aliphatic carbocycles. The van der Waals surface area contributed by atoms with Crippen LogP contribution in [0.2, 0.25) is 0 Å². The number of amides is 2. The Hall–Kier alpha value is -3.47. The van der Waals surface area contributed by atoms with Gasteiger partial charge in [-0.15, -0.1) is 0 Å². The number of nitrogens with zero attached hydrogens (tertiary/aromatic N) is 2. The fourth-order valence-electron chi connectivity index (χ4n) is 5.15. The first-order valence-corrected chi connectivity index (χ1v) is 13.6. The number of anilines is 1. The van der Waals surface area contributed by atoms with Crippen LogP contribution in [0.5, 0.6) is 0 Å². The third kappa shape index (κ3) is 7.56. The number of aromatic nitrogens is 2. The number of aliphatic hydroxyl groups excluding tert-OH is 1. The molecule has 1 aromatic heterocycles. The molecule has 1 unspecified atom stereocenters. The summed E-state index contributed by atoms with van der Waals surface area (Å²) in [4.78, 5) is 36.6. The Labute approximate surface area is 228 Å². The maximum atomic E-state index is 15.2. The number of aryl methyl sites for hydroxylation is 1. The molecule has 0 spiro atoms. The lowest BCUT2D eigenvalue weighted by atomic mass is 9.78. The summed E-state index contributed by atoms with van der Waals surface area (Å²) in [5.74, 6) is -2.82. The van der Waals surface area contributed by atoms with E-state index in [0.29, 0.717) is 23.7 Å². The van der Waals surface area contributed by atoms with Crippen molar-refractivity contribution in [3.05, 3.63) is 47.5 Å². The number of carboxylic acid groups (broad SMARTS) is 1. The van der Waals surface area contributed by atoms with Gasteiger partial charge in [-0.25, -0.2) is 9.18 Å². The number of benzene rings is 1. The van der Waals surface area contributed by atoms with Crippen molar-refractivity contribution in [2.24, 2.45) is 11.8 Å². The van der Waals surface area contributed by atoms with Crippen molar-refractivity contribution in [2.45, 2.75) is 90.6 Å². The van der Waals surface area contributed by atoms with Crippen molar-refractivity contribution in [1.29, 1.82) is 0 Å². The molecule has 39 heavy (non-hydrogen) atoms. The van der Waals surface area contributed by atoms with Gasteiger partial charge in [0.1, 0.15) is 23.8 Å². The van der Waals surface area contributed by atoms with E-state index < -0.39 is 41.9 Å². The first kappa shape index (κ1) is 30.1. The molecule has 1 saturated carbocycles. The van der Waals surface area contributed by atoms with Gasteiger partial charge in [0, 0.05) is 25.1 Å². The van der Waals surface area contributed by atoms with Gasteiger partial charge < -0.3 is 26.2 Å². The van der Waals surface area contributed by atoms with Gasteiger partial charge in [0.05, 0.1) is 11.7 Å². The molecule has 0 saturated heterocycles. The number of carbonyl (C=O) groups is 3. The Morgan fingerprint density at radius 2 is 1.82 bits per heavy atom. The van der Waals surface area contributed by atoms with Crippen LogP contribution < -0.4 is 16.0 Å². The van der Waals surface area contributed by atoms with Crippen LogP contribution in [-0.4, -0.2) is 56.1 Å². The summed E-state index contributed by atoms with van der Waals surface area (Å²) in [6.07, 6.45) is 3.97. The van der Waals surface area contributed by atoms with Gasteiger partial charge >= 0.3 is 5.97 Å². The number of aliphatic hydroxyl groups is 1. The predicted octanol–water partition coefficient (Wildman–Crippen LogP) is 3.48. The zero-order valence-electron chi connectivity index (χ0n) is 23.0. The van der Waals surface area contributed by atoms with E-state index in [1.54, 1.807) is 36.9 Å². The van der Waals surface area contributed by atoms with Crippen molar-refractivity contribution >= 4 is 23.5 Å². The van der Waals surface area contributed by atoms with E-state index in [1.807, 2.05) is 6.92 Å². The van der Waals surface area contributed by atoms with Crippen LogP contribution in [0.25, 0.3) is 0 Å². The van der Waals surface area contributed by atoms with Crippen molar-refractivity contribution in [3.63, 3.8) is 0 Å². The smallest absolute Gasteiger partial charge is 0.326 e. The molecule has 1 fully saturated rings. The quantitative estimate of drug-likeness (QED) is 0.257. The molecule has 2 amide bonds. The summed E-state index contributed by atoms with van der Waals surface area (Å²) < 4.78 is 16.8. The molecule has 11 heteroatoms. The lowest BCUT2D eigenvalue weighted by Crippen LogP contribution is -2.52. The van der Waals surface area contributed by atoms with Crippen molar-refractivity contribution in [2.75, 3.05) is 5.32 Å². The van der Waals surface area contributed by atoms with Gasteiger partial charge in [-0.1, -0.05) is 39.7 Å². The second kappa shape index (κ2) is 13.5. The SMILES string of the molecule is CCC(=O)N[C@@H](C(=O)O)[C@@H](C)c1ccc(NC(O)[C@@H](NC(=O)c2ccnn2CC)C2CCC(C)CC2)c(F)c1. The standard InChI is InChI=1S/C28H40FN5O5/c1-5-23(35)32-24(28(38)39)17(4)19-11-12-21(20(29)15-19)31-27(37)25(18-9-7-16(3)8-10-18)33-26(36)22-13-14-30-34(22)6-2/h11-18,24-25,27,31,37H,5-10H2,1-4H3,(H,32,35)(H,33,36)(H,38,39)/t16?,17-,18?,24+,25-,27?/m0/s1. The number of rotatable bonds is 12. The lowest BCUT2D eigenvalue weighted by Gasteiger charge is -2.36. The summed E-state index contributed by atoms with van der Waals surface area (Å²) >= 11 is 0. The minimum atomic E-state index is -1.28. The molecule has 0 aliphatic heterocycles. The summed E-state index contributed by atoms with van der Waals surface area (Å²) in [5.41, 5.74) is 0.784. The molecule has 1 aromatic carbocycles. The van der Waals surface area contributed by atoms with Crippen LogP contribution >= 0.6 is 0 Å². The van der Waals surface area contributed by atoms with E-state index in [-0.39, 0.29) is 23.9 Å². The average molecular weight is 546 g/mol. The van der Waals surface area contributed by atoms with Crippen molar-refractivity contribution in [3.8, 4) is 0 Å². The Morgan fingerprint density at radius 1 is 1.13 bits per heavy atom. The monoisotopic (exact) mass is 545 g/mol. The highest BCUT2D eigenvalue weighted by Gasteiger charge is 2.34. The highest BCUT2D eigenvalue weighted by Crippen LogP contribution is 2.32. The van der Waals surface area contributed by atoms with Crippen molar-refractivity contribution in [1.82, 2.24) is 20.4 Å². The normalized spacial score (nSPS) is 20.4. The fraction of sp³-hybridized carbons (Fsp3) is 0.571. The Kier molecular flexibility index (Phi) is 10.4. The van der Waals surface area contributed by atoms with E-state index in [0.717, 1.165) is 25.7 Å². The largest absolute Gasteiger partial charge is 0.480 e.